The van der Waals surface area contributed by atoms with Gasteiger partial charge in [-0.2, -0.15) is 0 Å². The molecule has 0 bridgehead atoms. The van der Waals surface area contributed by atoms with Crippen molar-refractivity contribution in [3.05, 3.63) is 85.7 Å². The predicted octanol–water partition coefficient (Wildman–Crippen LogP) is 3.46. The predicted molar refractivity (Wildman–Crippen MR) is 143 cm³/mol. The van der Waals surface area contributed by atoms with Crippen molar-refractivity contribution < 1.29 is 9.53 Å². The van der Waals surface area contributed by atoms with Gasteiger partial charge >= 0.3 is 17.3 Å². The third kappa shape index (κ3) is 6.60. The molecular weight excluding hydrogens is 494 g/mol. The van der Waals surface area contributed by atoms with Gasteiger partial charge in [-0.1, -0.05) is 43.5 Å². The van der Waals surface area contributed by atoms with E-state index in [2.05, 4.69) is 14.9 Å². The zero-order chi connectivity index (χ0) is 26.4. The number of methoxy groups -OCH3 is 1. The maximum atomic E-state index is 13.5. The molecule has 1 atom stereocenters. The first kappa shape index (κ1) is 26.5. The zero-order valence-corrected chi connectivity index (χ0v) is 21.9. The Labute approximate surface area is 220 Å². The SMILES string of the molecule is COC(=O)[C@@H](C)Cn1c(=O)[nH]/c(=N\c2ccc(N3CCCCCC3)cc2)n(Cc2ccc(Cl)cc2)c1=O. The monoisotopic (exact) mass is 525 g/mol. The molecule has 9 nitrogen and oxygen atoms in total. The molecule has 2 heterocycles. The van der Waals surface area contributed by atoms with Crippen LogP contribution in [0.2, 0.25) is 5.02 Å². The van der Waals surface area contributed by atoms with E-state index in [-0.39, 0.29) is 18.7 Å². The topological polar surface area (TPSA) is 102 Å². The maximum absolute atomic E-state index is 13.5. The minimum atomic E-state index is -0.679. The van der Waals surface area contributed by atoms with E-state index in [1.807, 2.05) is 24.3 Å². The van der Waals surface area contributed by atoms with E-state index >= 15 is 0 Å². The molecule has 3 aromatic rings. The Hall–Kier alpha value is -3.59. The first-order chi connectivity index (χ1) is 17.9. The summed E-state index contributed by atoms with van der Waals surface area (Å²) < 4.78 is 7.14. The fourth-order valence-corrected chi connectivity index (χ4v) is 4.58. The lowest BCUT2D eigenvalue weighted by Crippen LogP contribution is -2.51. The van der Waals surface area contributed by atoms with E-state index in [9.17, 15) is 14.4 Å². The molecule has 1 saturated heterocycles. The second-order valence-electron chi connectivity index (χ2n) is 9.31. The van der Waals surface area contributed by atoms with Crippen LogP contribution in [0.4, 0.5) is 11.4 Å². The van der Waals surface area contributed by atoms with E-state index < -0.39 is 23.3 Å². The van der Waals surface area contributed by atoms with Gasteiger partial charge in [-0.25, -0.2) is 19.1 Å². The van der Waals surface area contributed by atoms with Gasteiger partial charge in [0.25, 0.3) is 0 Å². The van der Waals surface area contributed by atoms with Gasteiger partial charge < -0.3 is 9.64 Å². The van der Waals surface area contributed by atoms with Crippen molar-refractivity contribution >= 4 is 28.9 Å². The van der Waals surface area contributed by atoms with Crippen LogP contribution in [0.1, 0.15) is 38.2 Å². The molecule has 1 fully saturated rings. The smallest absolute Gasteiger partial charge is 0.335 e. The van der Waals surface area contributed by atoms with Crippen LogP contribution in [0.3, 0.4) is 0 Å². The first-order valence-corrected chi connectivity index (χ1v) is 12.9. The number of halogens is 1. The number of nitrogens with zero attached hydrogens (tertiary/aromatic N) is 4. The fourth-order valence-electron chi connectivity index (χ4n) is 4.46. The summed E-state index contributed by atoms with van der Waals surface area (Å²) >= 11 is 6.02. The Bertz CT molecular complexity index is 1400. The molecule has 37 heavy (non-hydrogen) atoms. The minimum Gasteiger partial charge on any atom is -0.469 e. The molecule has 4 rings (SSSR count). The molecule has 10 heteroatoms. The van der Waals surface area contributed by atoms with Crippen LogP contribution in [0.25, 0.3) is 0 Å². The number of carbonyl (C=O) groups excluding carboxylic acids is 1. The molecule has 1 aliphatic heterocycles. The second kappa shape index (κ2) is 12.1. The van der Waals surface area contributed by atoms with E-state index in [1.54, 1.807) is 31.2 Å². The van der Waals surface area contributed by atoms with Gasteiger partial charge in [0.05, 0.1) is 25.3 Å². The summed E-state index contributed by atoms with van der Waals surface area (Å²) in [5.74, 6) is -1.18. The van der Waals surface area contributed by atoms with Crippen LogP contribution in [-0.4, -0.2) is 40.3 Å². The Morgan fingerprint density at radius 1 is 1.00 bits per heavy atom. The van der Waals surface area contributed by atoms with Gasteiger partial charge in [0.1, 0.15) is 0 Å². The molecule has 0 unspecified atom stereocenters. The summed E-state index contributed by atoms with van der Waals surface area (Å²) in [5, 5.41) is 0.578. The van der Waals surface area contributed by atoms with Crippen LogP contribution in [0.5, 0.6) is 0 Å². The van der Waals surface area contributed by atoms with Gasteiger partial charge in [0.15, 0.2) is 0 Å². The highest BCUT2D eigenvalue weighted by Crippen LogP contribution is 2.22. The summed E-state index contributed by atoms with van der Waals surface area (Å²) in [5.41, 5.74) is 1.45. The van der Waals surface area contributed by atoms with Crippen LogP contribution in [0, 0.1) is 5.92 Å². The number of benzene rings is 2. The lowest BCUT2D eigenvalue weighted by Gasteiger charge is -2.22. The van der Waals surface area contributed by atoms with Crippen LogP contribution >= 0.6 is 11.6 Å². The van der Waals surface area contributed by atoms with Gasteiger partial charge in [-0.15, -0.1) is 0 Å². The number of carbonyl (C=O) groups is 1. The number of anilines is 1. The third-order valence-corrected chi connectivity index (χ3v) is 6.80. The Morgan fingerprint density at radius 2 is 1.65 bits per heavy atom. The molecule has 0 spiro atoms. The summed E-state index contributed by atoms with van der Waals surface area (Å²) in [6.07, 6.45) is 4.88. The van der Waals surface area contributed by atoms with Crippen LogP contribution in [-0.2, 0) is 22.6 Å². The number of H-pyrrole nitrogens is 1. The highest BCUT2D eigenvalue weighted by Gasteiger charge is 2.18. The van der Waals surface area contributed by atoms with Crippen molar-refractivity contribution in [2.24, 2.45) is 10.9 Å². The number of hydrogen-bond acceptors (Lipinski definition) is 6. The Balaban J connectivity index is 1.74. The molecule has 196 valence electrons. The summed E-state index contributed by atoms with van der Waals surface area (Å²) in [6.45, 7) is 3.71. The van der Waals surface area contributed by atoms with Crippen LogP contribution in [0.15, 0.2) is 63.1 Å². The van der Waals surface area contributed by atoms with Crippen molar-refractivity contribution in [3.63, 3.8) is 0 Å². The first-order valence-electron chi connectivity index (χ1n) is 12.5. The van der Waals surface area contributed by atoms with Gasteiger partial charge in [-0.05, 0) is 54.8 Å². The lowest BCUT2D eigenvalue weighted by atomic mass is 10.2. The molecule has 0 aliphatic carbocycles. The minimum absolute atomic E-state index is 0.119. The summed E-state index contributed by atoms with van der Waals surface area (Å²) in [7, 11) is 1.27. The largest absolute Gasteiger partial charge is 0.469 e. The lowest BCUT2D eigenvalue weighted by molar-refractivity contribution is -0.145. The second-order valence-corrected chi connectivity index (χ2v) is 9.75. The Morgan fingerprint density at radius 3 is 2.27 bits per heavy atom. The molecule has 0 saturated carbocycles. The Kier molecular flexibility index (Phi) is 8.66. The van der Waals surface area contributed by atoms with E-state index in [0.717, 1.165) is 28.9 Å². The molecule has 1 aliphatic rings. The normalized spacial score (nSPS) is 15.3. The summed E-state index contributed by atoms with van der Waals surface area (Å²) in [4.78, 5) is 48.0. The van der Waals surface area contributed by atoms with Crippen molar-refractivity contribution in [1.29, 1.82) is 0 Å². The number of nitrogens with one attached hydrogen (secondary N) is 1. The third-order valence-electron chi connectivity index (χ3n) is 6.55. The molecule has 1 N–H and O–H groups in total. The van der Waals surface area contributed by atoms with E-state index in [1.165, 1.54) is 37.4 Å². The average Bonchev–Trinajstić information content (AvgIpc) is 3.19. The summed E-state index contributed by atoms with van der Waals surface area (Å²) in [6, 6.07) is 14.9. The number of hydrogen-bond donors (Lipinski definition) is 1. The van der Waals surface area contributed by atoms with Crippen molar-refractivity contribution in [2.75, 3.05) is 25.1 Å². The number of ether oxygens (including phenoxy) is 1. The number of rotatable bonds is 7. The van der Waals surface area contributed by atoms with Crippen LogP contribution < -0.4 is 21.9 Å². The zero-order valence-electron chi connectivity index (χ0n) is 21.2. The highest BCUT2D eigenvalue weighted by atomic mass is 35.5. The van der Waals surface area contributed by atoms with Crippen molar-refractivity contribution in [1.82, 2.24) is 14.1 Å². The highest BCUT2D eigenvalue weighted by molar-refractivity contribution is 6.30. The molecule has 0 amide bonds. The fraction of sp³-hybridized carbons (Fsp3) is 0.407. The average molecular weight is 526 g/mol. The van der Waals surface area contributed by atoms with E-state index in [0.29, 0.717) is 10.7 Å². The molecule has 0 radical (unpaired) electrons. The number of aromatic nitrogens is 3. The molecule has 2 aromatic carbocycles. The molecule has 1 aromatic heterocycles. The number of aromatic amines is 1. The van der Waals surface area contributed by atoms with Gasteiger partial charge in [0, 0.05) is 30.3 Å². The van der Waals surface area contributed by atoms with Gasteiger partial charge in [-0.3, -0.25) is 14.3 Å². The van der Waals surface area contributed by atoms with Crippen molar-refractivity contribution in [3.8, 4) is 0 Å². The maximum Gasteiger partial charge on any atom is 0.335 e. The molecular formula is C27H32ClN5O4. The van der Waals surface area contributed by atoms with E-state index in [4.69, 9.17) is 16.3 Å². The number of esters is 1. The quantitative estimate of drug-likeness (QED) is 0.476. The van der Waals surface area contributed by atoms with Gasteiger partial charge in [0.2, 0.25) is 5.62 Å². The standard InChI is InChI=1S/C27H32ClN5O4/c1-19(24(34)37-2)17-33-26(35)30-25(32(27(33)36)18-20-7-9-21(28)10-8-20)29-22-11-13-23(14-12-22)31-15-5-3-4-6-16-31/h7-14,19H,3-6,15-18H2,1-2H3,(H,29,30,35)/t19-/m0/s1. The van der Waals surface area contributed by atoms with Crippen molar-refractivity contribution in [2.45, 2.75) is 45.7 Å².